The maximum atomic E-state index is 12.8. The van der Waals surface area contributed by atoms with Gasteiger partial charge in [0.15, 0.2) is 0 Å². The van der Waals surface area contributed by atoms with Crippen molar-refractivity contribution >= 4 is 23.6 Å². The molecule has 2 saturated heterocycles. The average molecular weight is 362 g/mol. The van der Waals surface area contributed by atoms with Gasteiger partial charge < -0.3 is 14.2 Å². The molecule has 6 heteroatoms. The third-order valence-corrected chi connectivity index (χ3v) is 7.52. The van der Waals surface area contributed by atoms with Crippen molar-refractivity contribution in [2.75, 3.05) is 18.8 Å². The Kier molecular flexibility index (Phi) is 4.80. The molecular weight excluding hydrogens is 336 g/mol. The molecule has 0 N–H and O–H groups in total. The molecule has 1 aliphatic carbocycles. The Morgan fingerprint density at radius 3 is 2.68 bits per heavy atom. The lowest BCUT2D eigenvalue weighted by Gasteiger charge is -2.44. The van der Waals surface area contributed by atoms with E-state index in [4.69, 9.17) is 4.42 Å². The van der Waals surface area contributed by atoms with Crippen LogP contribution >= 0.6 is 11.8 Å². The van der Waals surface area contributed by atoms with Crippen molar-refractivity contribution in [3.8, 4) is 0 Å². The third kappa shape index (κ3) is 3.33. The Labute approximate surface area is 153 Å². The highest BCUT2D eigenvalue weighted by atomic mass is 32.2. The molecular formula is C19H26N2O3S. The van der Waals surface area contributed by atoms with Crippen molar-refractivity contribution in [1.29, 1.82) is 0 Å². The van der Waals surface area contributed by atoms with Gasteiger partial charge in [0.1, 0.15) is 5.76 Å². The monoisotopic (exact) mass is 362 g/mol. The lowest BCUT2D eigenvalue weighted by Crippen LogP contribution is -2.53. The smallest absolute Gasteiger partial charge is 0.234 e. The predicted molar refractivity (Wildman–Crippen MR) is 96.8 cm³/mol. The number of hydrogen-bond donors (Lipinski definition) is 0. The molecule has 1 aromatic rings. The molecule has 2 aliphatic heterocycles. The van der Waals surface area contributed by atoms with Crippen LogP contribution in [0.1, 0.15) is 50.7 Å². The van der Waals surface area contributed by atoms with E-state index in [0.29, 0.717) is 18.2 Å². The molecule has 4 rings (SSSR count). The molecule has 0 atom stereocenters. The number of hydrogen-bond acceptors (Lipinski definition) is 4. The summed E-state index contributed by atoms with van der Waals surface area (Å²) >= 11 is 1.75. The van der Waals surface area contributed by atoms with E-state index in [1.807, 2.05) is 17.0 Å². The summed E-state index contributed by atoms with van der Waals surface area (Å²) in [5.74, 6) is 2.14. The average Bonchev–Trinajstić information content (AvgIpc) is 3.27. The van der Waals surface area contributed by atoms with E-state index in [9.17, 15) is 9.59 Å². The van der Waals surface area contributed by atoms with E-state index >= 15 is 0 Å². The van der Waals surface area contributed by atoms with Gasteiger partial charge >= 0.3 is 0 Å². The second-order valence-corrected chi connectivity index (χ2v) is 8.79. The van der Waals surface area contributed by atoms with Crippen LogP contribution in [0.25, 0.3) is 0 Å². The minimum absolute atomic E-state index is 0.160. The van der Waals surface area contributed by atoms with Gasteiger partial charge in [0, 0.05) is 19.0 Å². The molecule has 0 unspecified atom stereocenters. The first kappa shape index (κ1) is 17.0. The molecule has 1 saturated carbocycles. The summed E-state index contributed by atoms with van der Waals surface area (Å²) in [5.41, 5.74) is 0. The second kappa shape index (κ2) is 7.06. The molecule has 1 spiro atoms. The van der Waals surface area contributed by atoms with Crippen molar-refractivity contribution < 1.29 is 14.0 Å². The van der Waals surface area contributed by atoms with Crippen LogP contribution in [0.2, 0.25) is 0 Å². The number of furan rings is 1. The Morgan fingerprint density at radius 2 is 2.00 bits per heavy atom. The Morgan fingerprint density at radius 1 is 1.24 bits per heavy atom. The zero-order chi connectivity index (χ0) is 17.3. The van der Waals surface area contributed by atoms with Crippen LogP contribution in [-0.4, -0.2) is 45.3 Å². The lowest BCUT2D eigenvalue weighted by atomic mass is 9.87. The number of nitrogens with zero attached hydrogens (tertiary/aromatic N) is 2. The fourth-order valence-electron chi connectivity index (χ4n) is 4.47. The van der Waals surface area contributed by atoms with Crippen LogP contribution in [0.3, 0.4) is 0 Å². The predicted octanol–water partition coefficient (Wildman–Crippen LogP) is 3.25. The molecule has 3 heterocycles. The Bertz CT molecular complexity index is 617. The van der Waals surface area contributed by atoms with Gasteiger partial charge in [0.2, 0.25) is 11.8 Å². The summed E-state index contributed by atoms with van der Waals surface area (Å²) in [7, 11) is 0. The van der Waals surface area contributed by atoms with Gasteiger partial charge in [0.05, 0.1) is 23.4 Å². The van der Waals surface area contributed by atoms with Crippen LogP contribution in [0.5, 0.6) is 0 Å². The van der Waals surface area contributed by atoms with E-state index in [1.165, 1.54) is 19.3 Å². The van der Waals surface area contributed by atoms with Crippen molar-refractivity contribution in [1.82, 2.24) is 9.80 Å². The first-order valence-electron chi connectivity index (χ1n) is 9.44. The normalized spacial score (nSPS) is 24.2. The number of likely N-dealkylation sites (tertiary alicyclic amines) is 1. The van der Waals surface area contributed by atoms with Crippen LogP contribution in [0, 0.1) is 5.92 Å². The molecule has 3 aliphatic rings. The Hall–Kier alpha value is -1.43. The Balaban J connectivity index is 1.40. The minimum atomic E-state index is -0.160. The third-order valence-electron chi connectivity index (χ3n) is 5.96. The van der Waals surface area contributed by atoms with Crippen LogP contribution in [0.4, 0.5) is 0 Å². The zero-order valence-corrected chi connectivity index (χ0v) is 15.4. The maximum Gasteiger partial charge on any atom is 0.234 e. The zero-order valence-electron chi connectivity index (χ0n) is 14.6. The van der Waals surface area contributed by atoms with E-state index in [-0.39, 0.29) is 16.7 Å². The highest BCUT2D eigenvalue weighted by Crippen LogP contribution is 2.45. The van der Waals surface area contributed by atoms with Crippen LogP contribution < -0.4 is 0 Å². The van der Waals surface area contributed by atoms with Gasteiger partial charge in [-0.3, -0.25) is 9.59 Å². The number of amides is 2. The fraction of sp³-hybridized carbons (Fsp3) is 0.684. The summed E-state index contributed by atoms with van der Waals surface area (Å²) in [5, 5.41) is 0. The summed E-state index contributed by atoms with van der Waals surface area (Å²) in [6.07, 6.45) is 9.14. The molecule has 0 bridgehead atoms. The topological polar surface area (TPSA) is 53.8 Å². The lowest BCUT2D eigenvalue weighted by molar-refractivity contribution is -0.139. The first-order valence-corrected chi connectivity index (χ1v) is 10.4. The summed E-state index contributed by atoms with van der Waals surface area (Å²) in [6, 6.07) is 3.78. The van der Waals surface area contributed by atoms with E-state index in [1.54, 1.807) is 18.0 Å². The second-order valence-electron chi connectivity index (χ2n) is 7.45. The molecule has 3 fully saturated rings. The first-order chi connectivity index (χ1) is 12.2. The van der Waals surface area contributed by atoms with Gasteiger partial charge in [-0.1, -0.05) is 19.3 Å². The van der Waals surface area contributed by atoms with Gasteiger partial charge in [-0.25, -0.2) is 0 Å². The molecule has 5 nitrogen and oxygen atoms in total. The quantitative estimate of drug-likeness (QED) is 0.828. The van der Waals surface area contributed by atoms with Gasteiger partial charge in [-0.2, -0.15) is 0 Å². The molecule has 1 aromatic heterocycles. The standard InChI is InChI=1S/C19H26N2O3S/c22-17-14-25-19(21(17)13-16-7-4-12-24-16)8-10-20(11-9-19)18(23)15-5-2-1-3-6-15/h4,7,12,15H,1-3,5-6,8-11,13-14H2. The molecule has 136 valence electrons. The maximum absolute atomic E-state index is 12.8. The highest BCUT2D eigenvalue weighted by Gasteiger charge is 2.48. The van der Waals surface area contributed by atoms with Crippen molar-refractivity contribution in [2.45, 2.75) is 56.4 Å². The molecule has 0 aromatic carbocycles. The highest BCUT2D eigenvalue weighted by molar-refractivity contribution is 8.01. The minimum Gasteiger partial charge on any atom is -0.467 e. The number of rotatable bonds is 3. The van der Waals surface area contributed by atoms with Gasteiger partial charge in [0.25, 0.3) is 0 Å². The number of piperidine rings is 1. The molecule has 2 amide bonds. The van der Waals surface area contributed by atoms with Crippen LogP contribution in [0.15, 0.2) is 22.8 Å². The number of carbonyl (C=O) groups is 2. The van der Waals surface area contributed by atoms with Crippen molar-refractivity contribution in [2.24, 2.45) is 5.92 Å². The number of thioether (sulfide) groups is 1. The molecule has 25 heavy (non-hydrogen) atoms. The van der Waals surface area contributed by atoms with Crippen molar-refractivity contribution in [3.63, 3.8) is 0 Å². The van der Waals surface area contributed by atoms with Crippen LogP contribution in [-0.2, 0) is 16.1 Å². The van der Waals surface area contributed by atoms with E-state index in [2.05, 4.69) is 4.90 Å². The van der Waals surface area contributed by atoms with Gasteiger partial charge in [-0.15, -0.1) is 11.8 Å². The largest absolute Gasteiger partial charge is 0.467 e. The SMILES string of the molecule is O=C(C1CCCCC1)N1CCC2(CC1)SCC(=O)N2Cc1ccco1. The summed E-state index contributed by atoms with van der Waals surface area (Å²) in [6.45, 7) is 2.07. The van der Waals surface area contributed by atoms with Gasteiger partial charge in [-0.05, 0) is 37.8 Å². The van der Waals surface area contributed by atoms with Crippen molar-refractivity contribution in [3.05, 3.63) is 24.2 Å². The number of carbonyl (C=O) groups excluding carboxylic acids is 2. The van der Waals surface area contributed by atoms with E-state index in [0.717, 1.165) is 44.5 Å². The summed E-state index contributed by atoms with van der Waals surface area (Å²) in [4.78, 5) is 29.1. The summed E-state index contributed by atoms with van der Waals surface area (Å²) < 4.78 is 5.45. The fourth-order valence-corrected chi connectivity index (χ4v) is 5.81. The van der Waals surface area contributed by atoms with E-state index < -0.39 is 0 Å². The molecule has 0 radical (unpaired) electrons.